The molecule has 2 amide bonds. The largest absolute Gasteiger partial charge is 0.357 e. The third-order valence-corrected chi connectivity index (χ3v) is 7.85. The SMILES string of the molecule is CNC(=O)C(C)N(Cc1cccc(C)c1)C(=O)CN(c1ccc(C)cc1)S(=O)(=O)c1ccc(C)cc1. The van der Waals surface area contributed by atoms with Crippen molar-refractivity contribution in [2.75, 3.05) is 17.9 Å². The summed E-state index contributed by atoms with van der Waals surface area (Å²) in [5.74, 6) is -0.817. The lowest BCUT2D eigenvalue weighted by atomic mass is 10.1. The fourth-order valence-corrected chi connectivity index (χ4v) is 5.29. The molecule has 0 aliphatic rings. The molecule has 3 aromatic rings. The van der Waals surface area contributed by atoms with Crippen LogP contribution in [0.3, 0.4) is 0 Å². The van der Waals surface area contributed by atoms with E-state index in [2.05, 4.69) is 5.32 Å². The number of sulfonamides is 1. The first-order valence-corrected chi connectivity index (χ1v) is 13.2. The topological polar surface area (TPSA) is 86.8 Å². The molecule has 1 N–H and O–H groups in total. The Morgan fingerprint density at radius 1 is 0.861 bits per heavy atom. The monoisotopic (exact) mass is 507 g/mol. The van der Waals surface area contributed by atoms with Crippen LogP contribution in [0.2, 0.25) is 0 Å². The van der Waals surface area contributed by atoms with Gasteiger partial charge in [-0.25, -0.2) is 8.42 Å². The number of likely N-dealkylation sites (N-methyl/N-ethyl adjacent to an activating group) is 1. The van der Waals surface area contributed by atoms with Crippen molar-refractivity contribution >= 4 is 27.5 Å². The number of amides is 2. The van der Waals surface area contributed by atoms with Crippen LogP contribution in [-0.4, -0.2) is 44.8 Å². The molecule has 0 fully saturated rings. The lowest BCUT2D eigenvalue weighted by molar-refractivity contribution is -0.139. The summed E-state index contributed by atoms with van der Waals surface area (Å²) >= 11 is 0. The smallest absolute Gasteiger partial charge is 0.264 e. The molecule has 0 aromatic heterocycles. The van der Waals surface area contributed by atoms with Crippen LogP contribution < -0.4 is 9.62 Å². The molecule has 0 bridgehead atoms. The Labute approximate surface area is 213 Å². The lowest BCUT2D eigenvalue weighted by Crippen LogP contribution is -2.50. The van der Waals surface area contributed by atoms with Crippen LogP contribution in [0.1, 0.15) is 29.2 Å². The van der Waals surface area contributed by atoms with E-state index in [1.807, 2.05) is 45.0 Å². The van der Waals surface area contributed by atoms with Gasteiger partial charge < -0.3 is 10.2 Å². The molecule has 0 heterocycles. The Hall–Kier alpha value is -3.65. The number of carbonyl (C=O) groups is 2. The fraction of sp³-hybridized carbons (Fsp3) is 0.286. The number of benzene rings is 3. The Bertz CT molecular complexity index is 1320. The van der Waals surface area contributed by atoms with Crippen LogP contribution in [0, 0.1) is 20.8 Å². The molecule has 1 unspecified atom stereocenters. The molecule has 0 radical (unpaired) electrons. The number of nitrogens with one attached hydrogen (secondary N) is 1. The van der Waals surface area contributed by atoms with Crippen LogP contribution >= 0.6 is 0 Å². The van der Waals surface area contributed by atoms with Crippen molar-refractivity contribution in [1.29, 1.82) is 0 Å². The summed E-state index contributed by atoms with van der Waals surface area (Å²) in [4.78, 5) is 27.7. The minimum atomic E-state index is -4.06. The molecular formula is C28H33N3O4S. The Morgan fingerprint density at radius 3 is 2.00 bits per heavy atom. The van der Waals surface area contributed by atoms with Crippen LogP contribution in [0.15, 0.2) is 77.7 Å². The summed E-state index contributed by atoms with van der Waals surface area (Å²) in [6, 6.07) is 20.3. The minimum absolute atomic E-state index is 0.0889. The predicted octanol–water partition coefficient (Wildman–Crippen LogP) is 3.97. The summed E-state index contributed by atoms with van der Waals surface area (Å²) in [6.45, 7) is 7.08. The lowest BCUT2D eigenvalue weighted by Gasteiger charge is -2.32. The van der Waals surface area contributed by atoms with E-state index in [1.165, 1.54) is 24.1 Å². The Morgan fingerprint density at radius 2 is 1.44 bits per heavy atom. The van der Waals surface area contributed by atoms with E-state index in [1.54, 1.807) is 43.3 Å². The van der Waals surface area contributed by atoms with Crippen molar-refractivity contribution < 1.29 is 18.0 Å². The van der Waals surface area contributed by atoms with Crippen LogP contribution in [-0.2, 0) is 26.2 Å². The number of hydrogen-bond donors (Lipinski definition) is 1. The van der Waals surface area contributed by atoms with Crippen LogP contribution in [0.25, 0.3) is 0 Å². The molecule has 7 nitrogen and oxygen atoms in total. The van der Waals surface area contributed by atoms with Gasteiger partial charge >= 0.3 is 0 Å². The van der Waals surface area contributed by atoms with E-state index in [4.69, 9.17) is 0 Å². The maximum atomic E-state index is 13.7. The number of carbonyl (C=O) groups excluding carboxylic acids is 2. The molecule has 0 aliphatic carbocycles. The van der Waals surface area contributed by atoms with Gasteiger partial charge in [-0.3, -0.25) is 13.9 Å². The zero-order chi connectivity index (χ0) is 26.5. The zero-order valence-electron chi connectivity index (χ0n) is 21.4. The van der Waals surface area contributed by atoms with E-state index in [-0.39, 0.29) is 17.3 Å². The van der Waals surface area contributed by atoms with Crippen molar-refractivity contribution in [3.05, 3.63) is 95.1 Å². The second-order valence-corrected chi connectivity index (χ2v) is 10.8. The maximum Gasteiger partial charge on any atom is 0.264 e. The number of aryl methyl sites for hydroxylation is 3. The van der Waals surface area contributed by atoms with E-state index in [0.717, 1.165) is 26.6 Å². The molecule has 8 heteroatoms. The number of hydrogen-bond acceptors (Lipinski definition) is 4. The molecule has 190 valence electrons. The highest BCUT2D eigenvalue weighted by molar-refractivity contribution is 7.92. The Balaban J connectivity index is 2.02. The highest BCUT2D eigenvalue weighted by Gasteiger charge is 2.32. The van der Waals surface area contributed by atoms with Gasteiger partial charge in [0.05, 0.1) is 10.6 Å². The van der Waals surface area contributed by atoms with Crippen molar-refractivity contribution in [3.8, 4) is 0 Å². The average Bonchev–Trinajstić information content (AvgIpc) is 2.85. The molecule has 0 saturated carbocycles. The normalized spacial score (nSPS) is 12.0. The van der Waals surface area contributed by atoms with Crippen LogP contribution in [0.5, 0.6) is 0 Å². The van der Waals surface area contributed by atoms with Gasteiger partial charge in [-0.15, -0.1) is 0 Å². The van der Waals surface area contributed by atoms with Gasteiger partial charge in [0.15, 0.2) is 0 Å². The first-order valence-electron chi connectivity index (χ1n) is 11.8. The second-order valence-electron chi connectivity index (χ2n) is 8.96. The molecule has 0 aliphatic heterocycles. The van der Waals surface area contributed by atoms with Gasteiger partial charge in [0, 0.05) is 13.6 Å². The van der Waals surface area contributed by atoms with Gasteiger partial charge in [-0.1, -0.05) is 65.2 Å². The number of anilines is 1. The van der Waals surface area contributed by atoms with Gasteiger partial charge in [-0.05, 0) is 57.5 Å². The summed E-state index contributed by atoms with van der Waals surface area (Å²) in [5, 5.41) is 2.59. The molecule has 3 aromatic carbocycles. The molecule has 0 saturated heterocycles. The first-order chi connectivity index (χ1) is 17.0. The van der Waals surface area contributed by atoms with E-state index in [9.17, 15) is 18.0 Å². The standard InChI is InChI=1S/C28H33N3O4S/c1-20-9-13-25(14-10-20)31(36(34,35)26-15-11-21(2)12-16-26)19-27(32)30(23(4)28(33)29-5)18-24-8-6-7-22(3)17-24/h6-17,23H,18-19H2,1-5H3,(H,29,33). The van der Waals surface area contributed by atoms with E-state index < -0.39 is 28.5 Å². The fourth-order valence-electron chi connectivity index (χ4n) is 3.88. The number of nitrogens with zero attached hydrogens (tertiary/aromatic N) is 2. The summed E-state index contributed by atoms with van der Waals surface area (Å²) < 4.78 is 28.6. The average molecular weight is 508 g/mol. The van der Waals surface area contributed by atoms with Gasteiger partial charge in [-0.2, -0.15) is 0 Å². The van der Waals surface area contributed by atoms with E-state index >= 15 is 0 Å². The second kappa shape index (κ2) is 11.4. The molecule has 3 rings (SSSR count). The summed E-state index contributed by atoms with van der Waals surface area (Å²) in [6.07, 6.45) is 0. The predicted molar refractivity (Wildman–Crippen MR) is 142 cm³/mol. The highest BCUT2D eigenvalue weighted by Crippen LogP contribution is 2.25. The van der Waals surface area contributed by atoms with Gasteiger partial charge in [0.1, 0.15) is 12.6 Å². The Kier molecular flexibility index (Phi) is 8.53. The third kappa shape index (κ3) is 6.31. The van der Waals surface area contributed by atoms with E-state index in [0.29, 0.717) is 5.69 Å². The van der Waals surface area contributed by atoms with Crippen molar-refractivity contribution in [2.24, 2.45) is 0 Å². The number of rotatable bonds is 9. The van der Waals surface area contributed by atoms with Crippen molar-refractivity contribution in [3.63, 3.8) is 0 Å². The quantitative estimate of drug-likeness (QED) is 0.475. The first kappa shape index (κ1) is 26.9. The molecular weight excluding hydrogens is 474 g/mol. The molecule has 0 spiro atoms. The highest BCUT2D eigenvalue weighted by atomic mass is 32.2. The summed E-state index contributed by atoms with van der Waals surface area (Å²) in [7, 11) is -2.55. The van der Waals surface area contributed by atoms with Crippen LogP contribution in [0.4, 0.5) is 5.69 Å². The van der Waals surface area contributed by atoms with Gasteiger partial charge in [0.2, 0.25) is 11.8 Å². The minimum Gasteiger partial charge on any atom is -0.357 e. The third-order valence-electron chi connectivity index (χ3n) is 6.06. The van der Waals surface area contributed by atoms with Crippen molar-refractivity contribution in [1.82, 2.24) is 10.2 Å². The van der Waals surface area contributed by atoms with Crippen molar-refractivity contribution in [2.45, 2.75) is 45.2 Å². The zero-order valence-corrected chi connectivity index (χ0v) is 22.2. The molecule has 1 atom stereocenters. The summed E-state index contributed by atoms with van der Waals surface area (Å²) in [5.41, 5.74) is 4.14. The maximum absolute atomic E-state index is 13.7. The van der Waals surface area contributed by atoms with Gasteiger partial charge in [0.25, 0.3) is 10.0 Å². The molecule has 36 heavy (non-hydrogen) atoms.